The van der Waals surface area contributed by atoms with Crippen LogP contribution in [-0.4, -0.2) is 51.1 Å². The van der Waals surface area contributed by atoms with Gasteiger partial charge in [-0.3, -0.25) is 10.2 Å². The number of nitrogens with zero attached hydrogens (tertiary/aromatic N) is 1. The predicted octanol–water partition coefficient (Wildman–Crippen LogP) is 4.34. The maximum atomic E-state index is 13.1. The van der Waals surface area contributed by atoms with E-state index in [4.69, 9.17) is 10.1 Å². The van der Waals surface area contributed by atoms with Gasteiger partial charge in [0.05, 0.1) is 22.6 Å². The molecule has 2 aromatic rings. The maximum absolute atomic E-state index is 13.1. The number of sulfonamides is 2. The van der Waals surface area contributed by atoms with Crippen molar-refractivity contribution in [2.45, 2.75) is 56.8 Å². The molecule has 0 fully saturated rings. The highest BCUT2D eigenvalue weighted by Gasteiger charge is 2.44. The summed E-state index contributed by atoms with van der Waals surface area (Å²) in [4.78, 5) is 11.6. The number of nitrogens with one attached hydrogen (secondary N) is 2. The number of halogens is 4. The fourth-order valence-electron chi connectivity index (χ4n) is 3.97. The summed E-state index contributed by atoms with van der Waals surface area (Å²) in [5, 5.41) is 8.15. The van der Waals surface area contributed by atoms with E-state index < -0.39 is 60.1 Å². The Morgan fingerprint density at radius 3 is 2.20 bits per heavy atom. The standard InChI is InChI=1S/C25H28F3N3O6S2.ClH/c1-5-37-23(29)20(30-38(33,34)19-8-6-7-18(14-19)25(26,27)28)13-16-9-11-17(12-10-16)21-15-22(32)31(24(2,3)4)39(21,35)36;/h6-12,14-15,20,29-30H,5,13H2,1-4H3;1H/t20-;/m0./s1. The second-order valence-electron chi connectivity index (χ2n) is 9.68. The van der Waals surface area contributed by atoms with Gasteiger partial charge < -0.3 is 4.74 Å². The molecule has 9 nitrogen and oxygen atoms in total. The van der Waals surface area contributed by atoms with Gasteiger partial charge in [-0.15, -0.1) is 12.4 Å². The fourth-order valence-corrected chi connectivity index (χ4v) is 7.10. The molecular weight excluding hydrogens is 595 g/mol. The summed E-state index contributed by atoms with van der Waals surface area (Å²) in [6.07, 6.45) is -3.84. The molecule has 2 aromatic carbocycles. The molecule has 1 atom stereocenters. The normalized spacial score (nSPS) is 16.2. The van der Waals surface area contributed by atoms with Crippen molar-refractivity contribution in [3.63, 3.8) is 0 Å². The van der Waals surface area contributed by atoms with Gasteiger partial charge in [0, 0.05) is 6.08 Å². The van der Waals surface area contributed by atoms with E-state index in [0.717, 1.165) is 28.6 Å². The van der Waals surface area contributed by atoms with E-state index in [-0.39, 0.29) is 35.9 Å². The highest BCUT2D eigenvalue weighted by molar-refractivity contribution is 7.99. The number of rotatable bonds is 8. The molecule has 15 heteroatoms. The highest BCUT2D eigenvalue weighted by atomic mass is 35.5. The Morgan fingerprint density at radius 2 is 1.70 bits per heavy atom. The van der Waals surface area contributed by atoms with Crippen molar-refractivity contribution < 1.29 is 39.5 Å². The Kier molecular flexibility index (Phi) is 9.89. The van der Waals surface area contributed by atoms with E-state index in [1.165, 1.54) is 24.3 Å². The Labute approximate surface area is 237 Å². The van der Waals surface area contributed by atoms with Crippen molar-refractivity contribution in [1.82, 2.24) is 9.03 Å². The second-order valence-corrected chi connectivity index (χ2v) is 13.2. The highest BCUT2D eigenvalue weighted by Crippen LogP contribution is 2.35. The molecule has 0 unspecified atom stereocenters. The number of hydrogen-bond acceptors (Lipinski definition) is 7. The number of alkyl halides is 3. The summed E-state index contributed by atoms with van der Waals surface area (Å²) in [7, 11) is -8.59. The van der Waals surface area contributed by atoms with Crippen LogP contribution in [0.4, 0.5) is 13.2 Å². The van der Waals surface area contributed by atoms with E-state index in [1.807, 2.05) is 0 Å². The van der Waals surface area contributed by atoms with E-state index in [9.17, 15) is 34.8 Å². The third-order valence-corrected chi connectivity index (χ3v) is 9.23. The SMILES string of the molecule is CCOC(=N)[C@H](Cc1ccc(C2=CC(=O)N(C(C)(C)C)S2(=O)=O)cc1)NS(=O)(=O)c1cccc(C(F)(F)F)c1.Cl. The molecule has 0 saturated heterocycles. The Hall–Kier alpha value is -2.94. The molecule has 3 rings (SSSR count). The van der Waals surface area contributed by atoms with Crippen LogP contribution < -0.4 is 4.72 Å². The third kappa shape index (κ3) is 7.22. The van der Waals surface area contributed by atoms with Gasteiger partial charge in [0.1, 0.15) is 10.9 Å². The lowest BCUT2D eigenvalue weighted by Gasteiger charge is -2.30. The van der Waals surface area contributed by atoms with Gasteiger partial charge in [-0.1, -0.05) is 30.3 Å². The number of ether oxygens (including phenoxy) is 1. The molecule has 1 heterocycles. The number of carbonyl (C=O) groups is 1. The molecule has 0 spiro atoms. The Balaban J connectivity index is 0.00000560. The van der Waals surface area contributed by atoms with Crippen molar-refractivity contribution in [3.05, 3.63) is 71.3 Å². The van der Waals surface area contributed by atoms with Gasteiger partial charge in [0.2, 0.25) is 10.0 Å². The van der Waals surface area contributed by atoms with Gasteiger partial charge in [-0.2, -0.15) is 17.9 Å². The van der Waals surface area contributed by atoms with Crippen LogP contribution in [0.15, 0.2) is 59.5 Å². The number of carbonyl (C=O) groups excluding carboxylic acids is 1. The summed E-state index contributed by atoms with van der Waals surface area (Å²) < 4.78 is 99.3. The zero-order valence-corrected chi connectivity index (χ0v) is 24.4. The molecule has 0 aromatic heterocycles. The lowest BCUT2D eigenvalue weighted by Crippen LogP contribution is -2.45. The average molecular weight is 624 g/mol. The summed E-state index contributed by atoms with van der Waals surface area (Å²) in [6, 6.07) is 7.83. The van der Waals surface area contributed by atoms with Gasteiger partial charge >= 0.3 is 6.18 Å². The lowest BCUT2D eigenvalue weighted by molar-refractivity contribution is -0.137. The van der Waals surface area contributed by atoms with E-state index in [1.54, 1.807) is 27.7 Å². The van der Waals surface area contributed by atoms with Gasteiger partial charge in [-0.25, -0.2) is 21.1 Å². The molecule has 1 aliphatic rings. The van der Waals surface area contributed by atoms with Crippen molar-refractivity contribution in [2.24, 2.45) is 0 Å². The summed E-state index contributed by atoms with van der Waals surface area (Å²) in [5.74, 6) is -1.12. The molecule has 0 radical (unpaired) electrons. The van der Waals surface area contributed by atoms with Crippen LogP contribution in [0.25, 0.3) is 4.91 Å². The quantitative estimate of drug-likeness (QED) is 0.332. The fraction of sp³-hybridized carbons (Fsp3) is 0.360. The summed E-state index contributed by atoms with van der Waals surface area (Å²) in [6.45, 7) is 6.41. The van der Waals surface area contributed by atoms with Crippen molar-refractivity contribution in [1.29, 1.82) is 5.41 Å². The first kappa shape index (κ1) is 33.3. The molecular formula is C25H29ClF3N3O6S2. The predicted molar refractivity (Wildman–Crippen MR) is 146 cm³/mol. The lowest BCUT2D eigenvalue weighted by atomic mass is 10.0. The largest absolute Gasteiger partial charge is 0.480 e. The molecule has 2 N–H and O–H groups in total. The molecule has 1 amide bonds. The zero-order chi connectivity index (χ0) is 29.4. The zero-order valence-electron chi connectivity index (χ0n) is 21.9. The topological polar surface area (TPSA) is 134 Å². The second kappa shape index (κ2) is 11.9. The van der Waals surface area contributed by atoms with Crippen LogP contribution in [-0.2, 0) is 42.2 Å². The number of benzene rings is 2. The summed E-state index contributed by atoms with van der Waals surface area (Å²) >= 11 is 0. The summed E-state index contributed by atoms with van der Waals surface area (Å²) in [5.41, 5.74) is -1.41. The molecule has 0 saturated carbocycles. The van der Waals surface area contributed by atoms with E-state index >= 15 is 0 Å². The first-order valence-corrected chi connectivity index (χ1v) is 14.6. The first-order chi connectivity index (χ1) is 17.9. The monoisotopic (exact) mass is 623 g/mol. The van der Waals surface area contributed by atoms with Crippen LogP contribution in [0.2, 0.25) is 0 Å². The number of hydrogen-bond donors (Lipinski definition) is 2. The van der Waals surface area contributed by atoms with Gasteiger partial charge in [0.15, 0.2) is 5.90 Å². The van der Waals surface area contributed by atoms with Crippen molar-refractivity contribution >= 4 is 49.2 Å². The van der Waals surface area contributed by atoms with Crippen LogP contribution in [0, 0.1) is 5.41 Å². The molecule has 220 valence electrons. The smallest absolute Gasteiger partial charge is 0.416 e. The minimum atomic E-state index is -4.75. The maximum Gasteiger partial charge on any atom is 0.416 e. The van der Waals surface area contributed by atoms with Crippen molar-refractivity contribution in [3.8, 4) is 0 Å². The van der Waals surface area contributed by atoms with E-state index in [2.05, 4.69) is 4.72 Å². The average Bonchev–Trinajstić information content (AvgIpc) is 3.07. The molecule has 1 aliphatic heterocycles. The molecule has 40 heavy (non-hydrogen) atoms. The minimum absolute atomic E-state index is 0. The number of amides is 1. The molecule has 0 aliphatic carbocycles. The van der Waals surface area contributed by atoms with Crippen LogP contribution in [0.5, 0.6) is 0 Å². The van der Waals surface area contributed by atoms with Gasteiger partial charge in [-0.05, 0) is 63.4 Å². The van der Waals surface area contributed by atoms with Crippen LogP contribution in [0.3, 0.4) is 0 Å². The first-order valence-electron chi connectivity index (χ1n) is 11.7. The van der Waals surface area contributed by atoms with Crippen molar-refractivity contribution in [2.75, 3.05) is 6.61 Å². The van der Waals surface area contributed by atoms with Crippen LogP contribution >= 0.6 is 12.4 Å². The van der Waals surface area contributed by atoms with Gasteiger partial charge in [0.25, 0.3) is 15.9 Å². The van der Waals surface area contributed by atoms with Crippen LogP contribution in [0.1, 0.15) is 44.4 Å². The minimum Gasteiger partial charge on any atom is -0.480 e. The molecule has 0 bridgehead atoms. The third-order valence-electron chi connectivity index (χ3n) is 5.65. The Morgan fingerprint density at radius 1 is 1.10 bits per heavy atom. The van der Waals surface area contributed by atoms with E-state index in [0.29, 0.717) is 11.6 Å². The Bertz CT molecular complexity index is 1520.